The maximum Gasteiger partial charge on any atom is 0.340 e. The van der Waals surface area contributed by atoms with Gasteiger partial charge in [-0.15, -0.1) is 0 Å². The first-order chi connectivity index (χ1) is 9.69. The molecule has 1 aromatic rings. The molecule has 0 fully saturated rings. The average molecular weight is 295 g/mol. The van der Waals surface area contributed by atoms with Gasteiger partial charge in [-0.05, 0) is 5.56 Å². The molecule has 0 aliphatic heterocycles. The van der Waals surface area contributed by atoms with Gasteiger partial charge in [0, 0.05) is 12.4 Å². The summed E-state index contributed by atoms with van der Waals surface area (Å²) in [5.41, 5.74) is 0.403. The number of ether oxygens (including phenoxy) is 1. The SMILES string of the molecule is C[N+](C)(C)CC(CC(=O)[O-])OC(=O)C(O)c1ccccc1. The summed E-state index contributed by atoms with van der Waals surface area (Å²) in [6.07, 6.45) is -2.67. The van der Waals surface area contributed by atoms with Crippen LogP contribution in [0.5, 0.6) is 0 Å². The number of rotatable bonds is 7. The molecule has 0 heterocycles. The smallest absolute Gasteiger partial charge is 0.340 e. The molecule has 0 saturated heterocycles. The number of benzene rings is 1. The fraction of sp³-hybridized carbons (Fsp3) is 0.467. The Morgan fingerprint density at radius 2 is 1.81 bits per heavy atom. The Morgan fingerprint density at radius 1 is 1.24 bits per heavy atom. The minimum Gasteiger partial charge on any atom is -0.550 e. The molecule has 0 aliphatic carbocycles. The number of nitrogens with zero attached hydrogens (tertiary/aromatic N) is 1. The van der Waals surface area contributed by atoms with Crippen molar-refractivity contribution in [3.05, 3.63) is 35.9 Å². The quantitative estimate of drug-likeness (QED) is 0.540. The zero-order chi connectivity index (χ0) is 16.0. The van der Waals surface area contributed by atoms with Crippen LogP contribution in [0.1, 0.15) is 18.1 Å². The second kappa shape index (κ2) is 7.19. The van der Waals surface area contributed by atoms with Crippen molar-refractivity contribution < 1.29 is 29.0 Å². The largest absolute Gasteiger partial charge is 0.550 e. The number of quaternary nitrogens is 1. The van der Waals surface area contributed by atoms with E-state index in [1.807, 2.05) is 21.1 Å². The number of esters is 1. The van der Waals surface area contributed by atoms with Crippen molar-refractivity contribution in [1.29, 1.82) is 0 Å². The van der Waals surface area contributed by atoms with Gasteiger partial charge in [-0.3, -0.25) is 0 Å². The molecule has 6 nitrogen and oxygen atoms in total. The van der Waals surface area contributed by atoms with Crippen molar-refractivity contribution >= 4 is 11.9 Å². The number of aliphatic hydroxyl groups is 1. The van der Waals surface area contributed by atoms with Gasteiger partial charge in [0.1, 0.15) is 6.54 Å². The van der Waals surface area contributed by atoms with Gasteiger partial charge in [0.05, 0.1) is 21.1 Å². The van der Waals surface area contributed by atoms with Gasteiger partial charge in [0.15, 0.2) is 12.2 Å². The number of aliphatic hydroxyl groups excluding tert-OH is 1. The molecule has 0 amide bonds. The van der Waals surface area contributed by atoms with E-state index in [2.05, 4.69) is 0 Å². The maximum atomic E-state index is 11.9. The van der Waals surface area contributed by atoms with Crippen LogP contribution in [0.25, 0.3) is 0 Å². The van der Waals surface area contributed by atoms with Crippen LogP contribution in [0.2, 0.25) is 0 Å². The highest BCUT2D eigenvalue weighted by Crippen LogP contribution is 2.16. The first kappa shape index (κ1) is 17.1. The number of carbonyl (C=O) groups excluding carboxylic acids is 2. The summed E-state index contributed by atoms with van der Waals surface area (Å²) in [5, 5.41) is 20.7. The van der Waals surface area contributed by atoms with Gasteiger partial charge in [-0.2, -0.15) is 0 Å². The van der Waals surface area contributed by atoms with E-state index in [9.17, 15) is 19.8 Å². The molecule has 116 valence electrons. The highest BCUT2D eigenvalue weighted by atomic mass is 16.6. The number of carbonyl (C=O) groups is 2. The normalized spacial score (nSPS) is 14.3. The van der Waals surface area contributed by atoms with Crippen LogP contribution >= 0.6 is 0 Å². The summed E-state index contributed by atoms with van der Waals surface area (Å²) in [6.45, 7) is 0.307. The lowest BCUT2D eigenvalue weighted by Crippen LogP contribution is -2.45. The molecule has 0 aliphatic rings. The van der Waals surface area contributed by atoms with Crippen molar-refractivity contribution in [3.63, 3.8) is 0 Å². The summed E-state index contributed by atoms with van der Waals surface area (Å²) in [7, 11) is 5.55. The van der Waals surface area contributed by atoms with E-state index >= 15 is 0 Å². The van der Waals surface area contributed by atoms with Crippen LogP contribution in [0.15, 0.2) is 30.3 Å². The number of hydrogen-bond acceptors (Lipinski definition) is 5. The van der Waals surface area contributed by atoms with E-state index in [4.69, 9.17) is 4.74 Å². The Bertz CT molecular complexity index is 481. The molecular formula is C15H21NO5. The van der Waals surface area contributed by atoms with E-state index < -0.39 is 30.6 Å². The fourth-order valence-electron chi connectivity index (χ4n) is 1.94. The number of hydrogen-bond donors (Lipinski definition) is 1. The van der Waals surface area contributed by atoms with Crippen molar-refractivity contribution in [1.82, 2.24) is 0 Å². The molecule has 2 unspecified atom stereocenters. The topological polar surface area (TPSA) is 86.7 Å². The second-order valence-corrected chi connectivity index (χ2v) is 5.92. The predicted octanol–water partition coefficient (Wildman–Crippen LogP) is -0.522. The lowest BCUT2D eigenvalue weighted by atomic mass is 10.1. The van der Waals surface area contributed by atoms with E-state index in [-0.39, 0.29) is 0 Å². The molecule has 21 heavy (non-hydrogen) atoms. The number of likely N-dealkylation sites (N-methyl/N-ethyl adjacent to an activating group) is 1. The molecule has 0 saturated carbocycles. The number of aliphatic carboxylic acids is 1. The molecule has 0 radical (unpaired) electrons. The van der Waals surface area contributed by atoms with Gasteiger partial charge in [0.25, 0.3) is 0 Å². The third-order valence-corrected chi connectivity index (χ3v) is 2.77. The lowest BCUT2D eigenvalue weighted by Gasteiger charge is -2.29. The molecule has 2 atom stereocenters. The number of carboxylic acid groups (broad SMARTS) is 1. The van der Waals surface area contributed by atoms with Gasteiger partial charge in [-0.25, -0.2) is 4.79 Å². The zero-order valence-electron chi connectivity index (χ0n) is 12.5. The summed E-state index contributed by atoms with van der Waals surface area (Å²) in [5.74, 6) is -2.16. The van der Waals surface area contributed by atoms with Crippen molar-refractivity contribution in [3.8, 4) is 0 Å². The Labute approximate surface area is 124 Å². The molecule has 1 rings (SSSR count). The molecule has 1 N–H and O–H groups in total. The van der Waals surface area contributed by atoms with Gasteiger partial charge >= 0.3 is 5.97 Å². The highest BCUT2D eigenvalue weighted by Gasteiger charge is 2.26. The van der Waals surface area contributed by atoms with Crippen LogP contribution in [0.3, 0.4) is 0 Å². The van der Waals surface area contributed by atoms with E-state index in [1.54, 1.807) is 30.3 Å². The third kappa shape index (κ3) is 6.37. The third-order valence-electron chi connectivity index (χ3n) is 2.77. The van der Waals surface area contributed by atoms with Crippen molar-refractivity contribution in [2.75, 3.05) is 27.7 Å². The standard InChI is InChI=1S/C15H21NO5/c1-16(2,3)10-12(9-13(17)18)21-15(20)14(19)11-7-5-4-6-8-11/h4-8,12,14,19H,9-10H2,1-3H3. The summed E-state index contributed by atoms with van der Waals surface area (Å²) in [4.78, 5) is 22.7. The summed E-state index contributed by atoms with van der Waals surface area (Å²) < 4.78 is 5.55. The van der Waals surface area contributed by atoms with E-state index in [1.165, 1.54) is 0 Å². The molecular weight excluding hydrogens is 274 g/mol. The predicted molar refractivity (Wildman–Crippen MR) is 73.8 cm³/mol. The molecule has 0 aromatic heterocycles. The van der Waals surface area contributed by atoms with Gasteiger partial charge in [0.2, 0.25) is 0 Å². The second-order valence-electron chi connectivity index (χ2n) is 5.92. The minimum atomic E-state index is -1.43. The van der Waals surface area contributed by atoms with Crippen LogP contribution in [-0.2, 0) is 14.3 Å². The maximum absolute atomic E-state index is 11.9. The van der Waals surface area contributed by atoms with Gasteiger partial charge in [-0.1, -0.05) is 30.3 Å². The minimum absolute atomic E-state index is 0.307. The highest BCUT2D eigenvalue weighted by molar-refractivity contribution is 5.76. The Morgan fingerprint density at radius 3 is 2.29 bits per heavy atom. The molecule has 6 heteroatoms. The first-order valence-electron chi connectivity index (χ1n) is 6.63. The Hall–Kier alpha value is -1.92. The van der Waals surface area contributed by atoms with Crippen LogP contribution in [0.4, 0.5) is 0 Å². The lowest BCUT2D eigenvalue weighted by molar-refractivity contribution is -0.873. The first-order valence-corrected chi connectivity index (χ1v) is 6.63. The Kier molecular flexibility index (Phi) is 5.87. The fourth-order valence-corrected chi connectivity index (χ4v) is 1.94. The molecule has 0 bridgehead atoms. The van der Waals surface area contributed by atoms with E-state index in [0.29, 0.717) is 16.6 Å². The van der Waals surface area contributed by atoms with Crippen molar-refractivity contribution in [2.24, 2.45) is 0 Å². The van der Waals surface area contributed by atoms with Gasteiger partial charge < -0.3 is 24.2 Å². The summed E-state index contributed by atoms with van der Waals surface area (Å²) >= 11 is 0. The van der Waals surface area contributed by atoms with Crippen LogP contribution < -0.4 is 5.11 Å². The average Bonchev–Trinajstić information content (AvgIpc) is 2.36. The number of carboxylic acids is 1. The molecule has 0 spiro atoms. The van der Waals surface area contributed by atoms with Crippen LogP contribution in [-0.4, -0.2) is 55.3 Å². The zero-order valence-corrected chi connectivity index (χ0v) is 12.5. The molecule has 1 aromatic carbocycles. The monoisotopic (exact) mass is 295 g/mol. The van der Waals surface area contributed by atoms with Crippen LogP contribution in [0, 0.1) is 0 Å². The summed E-state index contributed by atoms with van der Waals surface area (Å²) in [6, 6.07) is 8.34. The van der Waals surface area contributed by atoms with E-state index in [0.717, 1.165) is 0 Å². The Balaban J connectivity index is 2.73. The van der Waals surface area contributed by atoms with Crippen molar-refractivity contribution in [2.45, 2.75) is 18.6 Å².